The molecule has 2 heteroatoms. The van der Waals surface area contributed by atoms with Gasteiger partial charge in [0.05, 0.1) is 0 Å². The lowest BCUT2D eigenvalue weighted by molar-refractivity contribution is -0.462. The first-order valence-electron chi connectivity index (χ1n) is 6.87. The summed E-state index contributed by atoms with van der Waals surface area (Å²) < 4.78 is 4.57. The standard InChI is InChI=1S/C19H20NS/c1-4-7-18-14-15-19(21-18)9-6-5-8-16-10-12-17(13-11-16)20(2)3/h4-15H,1H2,2-3H3/q+1/b6-5+,18-7-,19-9+. The van der Waals surface area contributed by atoms with Gasteiger partial charge in [0.25, 0.3) is 0 Å². The molecule has 1 aromatic rings. The Kier molecular flexibility index (Phi) is 5.47. The number of allylic oxidation sites excluding steroid dienone is 9. The second-order valence-corrected chi connectivity index (χ2v) is 5.99. The molecule has 1 nitrogen and oxygen atoms in total. The van der Waals surface area contributed by atoms with Crippen molar-refractivity contribution < 1.29 is 4.58 Å². The van der Waals surface area contributed by atoms with Crippen molar-refractivity contribution in [3.05, 3.63) is 82.0 Å². The largest absolute Gasteiger partial charge is 0.235 e. The van der Waals surface area contributed by atoms with E-state index in [2.05, 4.69) is 71.9 Å². The third-order valence-corrected chi connectivity index (χ3v) is 4.02. The first kappa shape index (κ1) is 15.2. The maximum absolute atomic E-state index is 3.71. The molecule has 0 bridgehead atoms. The summed E-state index contributed by atoms with van der Waals surface area (Å²) in [5.74, 6) is 0. The summed E-state index contributed by atoms with van der Waals surface area (Å²) in [7, 11) is 4.10. The van der Waals surface area contributed by atoms with Gasteiger partial charge in [0.2, 0.25) is 0 Å². The molecule has 106 valence electrons. The Morgan fingerprint density at radius 2 is 1.52 bits per heavy atom. The SMILES string of the molecule is C=C/C=c1/cc/c(=C\C=C\C=C2C=CC(=[N+](C)C)C=C2)s1. The van der Waals surface area contributed by atoms with Crippen molar-refractivity contribution in [2.45, 2.75) is 0 Å². The first-order valence-corrected chi connectivity index (χ1v) is 7.68. The predicted octanol–water partition coefficient (Wildman–Crippen LogP) is 2.82. The van der Waals surface area contributed by atoms with Gasteiger partial charge in [-0.25, -0.2) is 4.58 Å². The van der Waals surface area contributed by atoms with Gasteiger partial charge in [0.15, 0.2) is 5.71 Å². The van der Waals surface area contributed by atoms with Crippen LogP contribution >= 0.6 is 11.3 Å². The van der Waals surface area contributed by atoms with Gasteiger partial charge in [-0.15, -0.1) is 11.3 Å². The van der Waals surface area contributed by atoms with Gasteiger partial charge in [0.1, 0.15) is 14.1 Å². The van der Waals surface area contributed by atoms with E-state index in [1.807, 2.05) is 26.2 Å². The minimum absolute atomic E-state index is 1.21. The fourth-order valence-electron chi connectivity index (χ4n) is 1.86. The Labute approximate surface area is 130 Å². The van der Waals surface area contributed by atoms with E-state index in [-0.39, 0.29) is 0 Å². The maximum Gasteiger partial charge on any atom is 0.199 e. The summed E-state index contributed by atoms with van der Waals surface area (Å²) in [5, 5.41) is 0. The topological polar surface area (TPSA) is 3.01 Å². The van der Waals surface area contributed by atoms with Crippen LogP contribution in [0.3, 0.4) is 0 Å². The van der Waals surface area contributed by atoms with Crippen LogP contribution < -0.4 is 9.06 Å². The highest BCUT2D eigenvalue weighted by atomic mass is 32.1. The van der Waals surface area contributed by atoms with Gasteiger partial charge in [-0.05, 0) is 42.0 Å². The first-order chi connectivity index (χ1) is 10.2. The fraction of sp³-hybridized carbons (Fsp3) is 0.105. The summed E-state index contributed by atoms with van der Waals surface area (Å²) in [6, 6.07) is 4.23. The van der Waals surface area contributed by atoms with Crippen LogP contribution in [0.2, 0.25) is 0 Å². The van der Waals surface area contributed by atoms with Crippen LogP contribution in [0.1, 0.15) is 0 Å². The van der Waals surface area contributed by atoms with Crippen LogP contribution in [-0.4, -0.2) is 24.4 Å². The third-order valence-electron chi connectivity index (χ3n) is 3.00. The molecular formula is C19H20NS+. The maximum atomic E-state index is 3.71. The molecule has 0 amide bonds. The Morgan fingerprint density at radius 3 is 2.14 bits per heavy atom. The Bertz CT molecular complexity index is 758. The Morgan fingerprint density at radius 1 is 0.905 bits per heavy atom. The number of hydrogen-bond acceptors (Lipinski definition) is 1. The van der Waals surface area contributed by atoms with Gasteiger partial charge < -0.3 is 0 Å². The van der Waals surface area contributed by atoms with E-state index in [1.54, 1.807) is 11.3 Å². The van der Waals surface area contributed by atoms with Crippen LogP contribution in [0, 0.1) is 0 Å². The van der Waals surface area contributed by atoms with Crippen molar-refractivity contribution in [2.75, 3.05) is 14.1 Å². The highest BCUT2D eigenvalue weighted by Crippen LogP contribution is 2.06. The fourth-order valence-corrected chi connectivity index (χ4v) is 2.72. The third kappa shape index (κ3) is 4.69. The average molecular weight is 294 g/mol. The molecule has 1 aliphatic rings. The van der Waals surface area contributed by atoms with Crippen molar-refractivity contribution in [3.63, 3.8) is 0 Å². The number of nitrogens with zero attached hydrogens (tertiary/aromatic N) is 1. The van der Waals surface area contributed by atoms with Crippen molar-refractivity contribution in [3.8, 4) is 0 Å². The van der Waals surface area contributed by atoms with Crippen molar-refractivity contribution >= 4 is 29.2 Å². The van der Waals surface area contributed by atoms with Gasteiger partial charge >= 0.3 is 0 Å². The minimum Gasteiger partial charge on any atom is -0.235 e. The molecule has 1 aromatic heterocycles. The van der Waals surface area contributed by atoms with Crippen LogP contribution in [0.5, 0.6) is 0 Å². The molecule has 0 aliphatic heterocycles. The summed E-state index contributed by atoms with van der Waals surface area (Å²) in [5.41, 5.74) is 2.42. The molecule has 0 N–H and O–H groups in total. The van der Waals surface area contributed by atoms with E-state index < -0.39 is 0 Å². The molecule has 21 heavy (non-hydrogen) atoms. The molecule has 0 unspecified atom stereocenters. The molecule has 0 saturated heterocycles. The average Bonchev–Trinajstić information content (AvgIpc) is 2.92. The Hall–Kier alpha value is -2.19. The zero-order valence-electron chi connectivity index (χ0n) is 12.5. The zero-order valence-corrected chi connectivity index (χ0v) is 13.3. The van der Waals surface area contributed by atoms with Crippen LogP contribution in [-0.2, 0) is 0 Å². The van der Waals surface area contributed by atoms with Crippen LogP contribution in [0.4, 0.5) is 0 Å². The Balaban J connectivity index is 2.06. The quantitative estimate of drug-likeness (QED) is 0.754. The normalized spacial score (nSPS) is 16.1. The second-order valence-electron chi connectivity index (χ2n) is 4.85. The number of thiophene rings is 1. The summed E-state index contributed by atoms with van der Waals surface area (Å²) in [6.07, 6.45) is 20.7. The van der Waals surface area contributed by atoms with Gasteiger partial charge in [0, 0.05) is 21.2 Å². The van der Waals surface area contributed by atoms with E-state index >= 15 is 0 Å². The molecule has 1 aliphatic carbocycles. The van der Waals surface area contributed by atoms with Crippen LogP contribution in [0.15, 0.2) is 72.9 Å². The van der Waals surface area contributed by atoms with E-state index in [0.717, 1.165) is 0 Å². The van der Waals surface area contributed by atoms with Crippen molar-refractivity contribution in [1.29, 1.82) is 0 Å². The molecule has 0 fully saturated rings. The highest BCUT2D eigenvalue weighted by Gasteiger charge is 2.02. The van der Waals surface area contributed by atoms with Gasteiger partial charge in [-0.1, -0.05) is 30.9 Å². The summed E-state index contributed by atoms with van der Waals surface area (Å²) in [6.45, 7) is 3.71. The molecule has 0 spiro atoms. The molecule has 0 radical (unpaired) electrons. The molecule has 2 rings (SSSR count). The van der Waals surface area contributed by atoms with Crippen LogP contribution in [0.25, 0.3) is 12.2 Å². The van der Waals surface area contributed by atoms with E-state index in [4.69, 9.17) is 0 Å². The molecule has 0 atom stereocenters. The molecule has 0 saturated carbocycles. The highest BCUT2D eigenvalue weighted by molar-refractivity contribution is 7.07. The number of hydrogen-bond donors (Lipinski definition) is 0. The summed E-state index contributed by atoms with van der Waals surface area (Å²) in [4.78, 5) is 0. The predicted molar refractivity (Wildman–Crippen MR) is 95.3 cm³/mol. The van der Waals surface area contributed by atoms with E-state index in [9.17, 15) is 0 Å². The molecular weight excluding hydrogens is 274 g/mol. The lowest BCUT2D eigenvalue weighted by atomic mass is 10.1. The minimum atomic E-state index is 1.21. The number of rotatable bonds is 3. The smallest absolute Gasteiger partial charge is 0.199 e. The zero-order chi connectivity index (χ0) is 15.1. The molecule has 1 heterocycles. The van der Waals surface area contributed by atoms with E-state index in [0.29, 0.717) is 0 Å². The van der Waals surface area contributed by atoms with Crippen molar-refractivity contribution in [2.24, 2.45) is 0 Å². The summed E-state index contributed by atoms with van der Waals surface area (Å²) >= 11 is 1.76. The lowest BCUT2D eigenvalue weighted by Gasteiger charge is -1.99. The second kappa shape index (κ2) is 7.55. The lowest BCUT2D eigenvalue weighted by Crippen LogP contribution is -2.09. The van der Waals surface area contributed by atoms with E-state index in [1.165, 1.54) is 20.3 Å². The van der Waals surface area contributed by atoms with Crippen molar-refractivity contribution in [1.82, 2.24) is 0 Å². The monoisotopic (exact) mass is 294 g/mol. The van der Waals surface area contributed by atoms with Gasteiger partial charge in [-0.2, -0.15) is 0 Å². The molecule has 0 aromatic carbocycles. The van der Waals surface area contributed by atoms with Gasteiger partial charge in [-0.3, -0.25) is 0 Å².